The van der Waals surface area contributed by atoms with Crippen molar-refractivity contribution in [2.24, 2.45) is 0 Å². The lowest BCUT2D eigenvalue weighted by Gasteiger charge is -2.32. The Balaban J connectivity index is 1.44. The third-order valence-corrected chi connectivity index (χ3v) is 9.41. The number of aromatic nitrogens is 2. The van der Waals surface area contributed by atoms with Gasteiger partial charge in [0.2, 0.25) is 0 Å². The third kappa shape index (κ3) is 5.76. The number of hydrogen-bond donors (Lipinski definition) is 1. The number of amides is 4. The van der Waals surface area contributed by atoms with Gasteiger partial charge in [-0.1, -0.05) is 50.2 Å². The van der Waals surface area contributed by atoms with Crippen LogP contribution in [-0.4, -0.2) is 63.5 Å². The number of hydrogen-bond acceptors (Lipinski definition) is 11. The Morgan fingerprint density at radius 3 is 2.28 bits per heavy atom. The summed E-state index contributed by atoms with van der Waals surface area (Å²) in [5, 5.41) is 6.03. The number of fused-ring (bicyclic) bond motifs is 1. The number of imide groups is 1. The van der Waals surface area contributed by atoms with Gasteiger partial charge in [0.05, 0.1) is 0 Å². The summed E-state index contributed by atoms with van der Waals surface area (Å²) in [5.74, 6) is -1.54. The maximum absolute atomic E-state index is 14.9. The summed E-state index contributed by atoms with van der Waals surface area (Å²) in [4.78, 5) is 78.4. The molecule has 0 unspecified atom stereocenters. The van der Waals surface area contributed by atoms with Crippen LogP contribution in [0.2, 0.25) is 0 Å². The van der Waals surface area contributed by atoms with E-state index in [4.69, 9.17) is 9.47 Å². The van der Waals surface area contributed by atoms with Gasteiger partial charge >= 0.3 is 6.03 Å². The van der Waals surface area contributed by atoms with E-state index in [0.717, 1.165) is 27.6 Å². The molecule has 12 nitrogen and oxygen atoms in total. The maximum atomic E-state index is 14.9. The molecular formula is C32H29N5O7S2. The number of nitrogens with one attached hydrogen (secondary N) is 1. The topological polar surface area (TPSA) is 148 Å². The number of benzene rings is 2. The van der Waals surface area contributed by atoms with Crippen molar-refractivity contribution in [3.8, 4) is 11.5 Å². The highest BCUT2D eigenvalue weighted by atomic mass is 32.1. The number of anilines is 2. The van der Waals surface area contributed by atoms with Crippen LogP contribution in [-0.2, 0) is 9.59 Å². The zero-order valence-electron chi connectivity index (χ0n) is 25.1. The first-order chi connectivity index (χ1) is 22.2. The van der Waals surface area contributed by atoms with Gasteiger partial charge in [-0.2, -0.15) is 0 Å². The predicted octanol–water partition coefficient (Wildman–Crippen LogP) is 5.30. The highest BCUT2D eigenvalue weighted by Crippen LogP contribution is 2.39. The second-order valence-electron chi connectivity index (χ2n) is 10.7. The number of carbonyl (C=O) groups excluding carboxylic acids is 5. The van der Waals surface area contributed by atoms with E-state index in [-0.39, 0.29) is 39.6 Å². The molecule has 4 heterocycles. The largest absolute Gasteiger partial charge is 0.486 e. The van der Waals surface area contributed by atoms with E-state index in [0.29, 0.717) is 35.8 Å². The molecule has 1 saturated heterocycles. The number of ether oxygens (including phenoxy) is 2. The summed E-state index contributed by atoms with van der Waals surface area (Å²) in [5.41, 5.74) is 1.48. The fraction of sp³-hybridized carbons (Fsp3) is 0.281. The average Bonchev–Trinajstić information content (AvgIpc) is 3.82. The van der Waals surface area contributed by atoms with E-state index in [1.54, 1.807) is 49.6 Å². The number of ketones is 2. The van der Waals surface area contributed by atoms with E-state index in [1.807, 2.05) is 18.2 Å². The van der Waals surface area contributed by atoms with Crippen molar-refractivity contribution < 1.29 is 33.4 Å². The Morgan fingerprint density at radius 1 is 0.978 bits per heavy atom. The van der Waals surface area contributed by atoms with Gasteiger partial charge in [-0.05, 0) is 23.3 Å². The van der Waals surface area contributed by atoms with Crippen molar-refractivity contribution in [2.75, 3.05) is 18.1 Å². The van der Waals surface area contributed by atoms with Gasteiger partial charge in [0.1, 0.15) is 36.7 Å². The van der Waals surface area contributed by atoms with Crippen molar-refractivity contribution in [1.82, 2.24) is 20.2 Å². The summed E-state index contributed by atoms with van der Waals surface area (Å²) in [7, 11) is 0. The molecule has 3 atom stereocenters. The fourth-order valence-corrected chi connectivity index (χ4v) is 7.08. The van der Waals surface area contributed by atoms with Crippen molar-refractivity contribution in [1.29, 1.82) is 0 Å². The predicted molar refractivity (Wildman–Crippen MR) is 170 cm³/mol. The van der Waals surface area contributed by atoms with Gasteiger partial charge in [0.15, 0.2) is 33.3 Å². The Morgan fingerprint density at radius 2 is 1.63 bits per heavy atom. The molecule has 236 valence electrons. The molecule has 1 N–H and O–H groups in total. The smallest absolute Gasteiger partial charge is 0.325 e. The van der Waals surface area contributed by atoms with Crippen molar-refractivity contribution in [2.45, 2.75) is 45.2 Å². The number of carbonyl (C=O) groups is 5. The minimum absolute atomic E-state index is 0.112. The van der Waals surface area contributed by atoms with E-state index >= 15 is 0 Å². The summed E-state index contributed by atoms with van der Waals surface area (Å²) >= 11 is 2.08. The van der Waals surface area contributed by atoms with Crippen molar-refractivity contribution in [3.05, 3.63) is 81.8 Å². The minimum Gasteiger partial charge on any atom is -0.486 e. The third-order valence-electron chi connectivity index (χ3n) is 7.76. The summed E-state index contributed by atoms with van der Waals surface area (Å²) in [6.45, 7) is 5.57. The molecular weight excluding hydrogens is 631 g/mol. The van der Waals surface area contributed by atoms with E-state index in [2.05, 4.69) is 15.3 Å². The lowest BCUT2D eigenvalue weighted by atomic mass is 9.91. The molecule has 4 aromatic rings. The average molecular weight is 660 g/mol. The first kappa shape index (κ1) is 31.0. The van der Waals surface area contributed by atoms with Gasteiger partial charge in [-0.3, -0.25) is 19.2 Å². The molecule has 14 heteroatoms. The second-order valence-corrected chi connectivity index (χ2v) is 12.3. The first-order valence-electron chi connectivity index (χ1n) is 14.5. The van der Waals surface area contributed by atoms with Crippen molar-refractivity contribution >= 4 is 62.3 Å². The highest BCUT2D eigenvalue weighted by Gasteiger charge is 2.49. The Labute approximate surface area is 272 Å². The summed E-state index contributed by atoms with van der Waals surface area (Å²) in [6, 6.07) is 10.8. The van der Waals surface area contributed by atoms with E-state index in [1.165, 1.54) is 17.2 Å². The van der Waals surface area contributed by atoms with E-state index in [9.17, 15) is 24.0 Å². The highest BCUT2D eigenvalue weighted by molar-refractivity contribution is 7.16. The van der Waals surface area contributed by atoms with Crippen LogP contribution in [0.4, 0.5) is 15.1 Å². The van der Waals surface area contributed by atoms with Crippen LogP contribution < -0.4 is 19.7 Å². The van der Waals surface area contributed by atoms with Gasteiger partial charge in [0, 0.05) is 30.0 Å². The normalized spacial score (nSPS) is 16.9. The SMILES string of the molecule is CCC(=O)c1csc(N(C(=O)[C@H]([C@@H](C)c2ccccc2)N2C(=O)N[C@H](c3ccc4c(c3)OCCO4)C2=O)c2nc(C(C)=O)cs2)n1. The molecule has 0 aliphatic carbocycles. The van der Waals surface area contributed by atoms with Gasteiger partial charge in [0.25, 0.3) is 11.8 Å². The standard InChI is InChI=1S/C32H29N5O7S2/c1-4-23(39)22-16-46-32(34-22)37(31-33-21(15-45-31)18(3)38)29(41)27(17(2)19-8-6-5-7-9-19)36-28(40)26(35-30(36)42)20-10-11-24-25(14-20)44-13-12-43-24/h5-11,14-17,26-27H,4,12-13H2,1-3H3,(H,35,42)/t17-,26+,27-/m0/s1. The molecule has 2 aromatic carbocycles. The molecule has 4 amide bonds. The molecule has 0 spiro atoms. The van der Waals surface area contributed by atoms with Gasteiger partial charge in [-0.15, -0.1) is 22.7 Å². The minimum atomic E-state index is -1.36. The second kappa shape index (κ2) is 12.8. The monoisotopic (exact) mass is 659 g/mol. The van der Waals surface area contributed by atoms with Crippen LogP contribution in [0.5, 0.6) is 11.5 Å². The Hall–Kier alpha value is -4.95. The number of urea groups is 1. The Bertz CT molecular complexity index is 1840. The number of Topliss-reactive ketones (excluding diaryl/α,β-unsaturated/α-hetero) is 2. The Kier molecular flexibility index (Phi) is 8.65. The lowest BCUT2D eigenvalue weighted by Crippen LogP contribution is -2.52. The van der Waals surface area contributed by atoms with Gasteiger partial charge < -0.3 is 14.8 Å². The molecule has 0 radical (unpaired) electrons. The quantitative estimate of drug-likeness (QED) is 0.177. The van der Waals surface area contributed by atoms with Crippen LogP contribution in [0.25, 0.3) is 0 Å². The fourth-order valence-electron chi connectivity index (χ4n) is 5.32. The molecule has 2 aromatic heterocycles. The molecule has 6 rings (SSSR count). The van der Waals surface area contributed by atoms with E-state index < -0.39 is 35.8 Å². The summed E-state index contributed by atoms with van der Waals surface area (Å²) in [6.07, 6.45) is 0.209. The van der Waals surface area contributed by atoms with Crippen LogP contribution in [0.3, 0.4) is 0 Å². The first-order valence-corrected chi connectivity index (χ1v) is 16.3. The zero-order chi connectivity index (χ0) is 32.5. The van der Waals surface area contributed by atoms with Crippen LogP contribution in [0.1, 0.15) is 71.3 Å². The molecule has 1 fully saturated rings. The van der Waals surface area contributed by atoms with Crippen LogP contribution >= 0.6 is 22.7 Å². The van der Waals surface area contributed by atoms with Crippen molar-refractivity contribution in [3.63, 3.8) is 0 Å². The molecule has 0 saturated carbocycles. The number of thiazole rings is 2. The molecule has 0 bridgehead atoms. The molecule has 46 heavy (non-hydrogen) atoms. The number of nitrogens with zero attached hydrogens (tertiary/aromatic N) is 4. The maximum Gasteiger partial charge on any atom is 0.325 e. The van der Waals surface area contributed by atoms with Crippen LogP contribution in [0, 0.1) is 0 Å². The van der Waals surface area contributed by atoms with Crippen LogP contribution in [0.15, 0.2) is 59.3 Å². The lowest BCUT2D eigenvalue weighted by molar-refractivity contribution is -0.135. The number of rotatable bonds is 10. The zero-order valence-corrected chi connectivity index (χ0v) is 26.7. The molecule has 2 aliphatic heterocycles. The summed E-state index contributed by atoms with van der Waals surface area (Å²) < 4.78 is 11.3. The van der Waals surface area contributed by atoms with Gasteiger partial charge in [-0.25, -0.2) is 24.6 Å². The molecule has 2 aliphatic rings.